The first-order chi connectivity index (χ1) is 9.06. The van der Waals surface area contributed by atoms with Crippen molar-refractivity contribution in [1.29, 1.82) is 0 Å². The molecule has 1 heterocycles. The van der Waals surface area contributed by atoms with Gasteiger partial charge in [0.05, 0.1) is 0 Å². The topological polar surface area (TPSA) is 63.8 Å². The maximum Gasteiger partial charge on any atom is 0.162 e. The largest absolute Gasteiger partial charge is 0.308 e. The predicted molar refractivity (Wildman–Crippen MR) is 81.8 cm³/mol. The van der Waals surface area contributed by atoms with Crippen LogP contribution in [-0.2, 0) is 6.42 Å². The van der Waals surface area contributed by atoms with Crippen molar-refractivity contribution in [3.63, 3.8) is 0 Å². The second kappa shape index (κ2) is 5.67. The zero-order valence-electron chi connectivity index (χ0n) is 11.3. The summed E-state index contributed by atoms with van der Waals surface area (Å²) in [5.41, 5.74) is 6.83. The Balaban J connectivity index is 2.60. The number of hydrogen-bond donors (Lipinski definition) is 2. The van der Waals surface area contributed by atoms with Gasteiger partial charge in [0.25, 0.3) is 0 Å². The molecule has 0 spiro atoms. The van der Waals surface area contributed by atoms with E-state index in [9.17, 15) is 0 Å². The van der Waals surface area contributed by atoms with Gasteiger partial charge in [-0.25, -0.2) is 15.8 Å². The Bertz CT molecular complexity index is 611. The molecule has 0 saturated heterocycles. The highest BCUT2D eigenvalue weighted by atomic mass is 79.9. The molecule has 1 aromatic heterocycles. The van der Waals surface area contributed by atoms with E-state index >= 15 is 0 Å². The van der Waals surface area contributed by atoms with Crippen molar-refractivity contribution in [2.75, 3.05) is 5.43 Å². The zero-order chi connectivity index (χ0) is 14.0. The van der Waals surface area contributed by atoms with Gasteiger partial charge >= 0.3 is 0 Å². The third-order valence-electron chi connectivity index (χ3n) is 3.13. The molecule has 0 aliphatic carbocycles. The average Bonchev–Trinajstić information content (AvgIpc) is 2.37. The van der Waals surface area contributed by atoms with E-state index in [0.717, 1.165) is 33.3 Å². The van der Waals surface area contributed by atoms with E-state index in [1.54, 1.807) is 0 Å². The van der Waals surface area contributed by atoms with Crippen LogP contribution in [0.15, 0.2) is 22.7 Å². The number of anilines is 1. The SMILES string of the molecule is CCc1c(C)nc(-c2ccc(Br)cc2C)nc1NN. The highest BCUT2D eigenvalue weighted by Crippen LogP contribution is 2.26. The Morgan fingerprint density at radius 2 is 2.00 bits per heavy atom. The van der Waals surface area contributed by atoms with Crippen LogP contribution in [0.4, 0.5) is 5.82 Å². The number of benzene rings is 1. The highest BCUT2D eigenvalue weighted by Gasteiger charge is 2.12. The van der Waals surface area contributed by atoms with E-state index in [0.29, 0.717) is 11.6 Å². The van der Waals surface area contributed by atoms with Gasteiger partial charge in [-0.15, -0.1) is 0 Å². The maximum absolute atomic E-state index is 5.56. The van der Waals surface area contributed by atoms with Crippen LogP contribution in [0.5, 0.6) is 0 Å². The number of rotatable bonds is 3. The van der Waals surface area contributed by atoms with Crippen LogP contribution < -0.4 is 11.3 Å². The molecule has 2 rings (SSSR count). The number of aromatic nitrogens is 2. The van der Waals surface area contributed by atoms with Crippen molar-refractivity contribution < 1.29 is 0 Å². The summed E-state index contributed by atoms with van der Waals surface area (Å²) in [6.45, 7) is 6.10. The number of aryl methyl sites for hydroxylation is 2. The smallest absolute Gasteiger partial charge is 0.162 e. The van der Waals surface area contributed by atoms with Gasteiger partial charge in [-0.05, 0) is 44.0 Å². The van der Waals surface area contributed by atoms with Crippen molar-refractivity contribution in [3.8, 4) is 11.4 Å². The summed E-state index contributed by atoms with van der Waals surface area (Å²) in [4.78, 5) is 9.11. The zero-order valence-corrected chi connectivity index (χ0v) is 12.9. The van der Waals surface area contributed by atoms with E-state index < -0.39 is 0 Å². The third kappa shape index (κ3) is 2.77. The molecule has 1 aromatic carbocycles. The molecule has 3 N–H and O–H groups in total. The average molecular weight is 321 g/mol. The molecule has 0 aliphatic heterocycles. The minimum absolute atomic E-state index is 0.701. The fourth-order valence-electron chi connectivity index (χ4n) is 2.14. The summed E-state index contributed by atoms with van der Waals surface area (Å²) in [6, 6.07) is 6.06. The third-order valence-corrected chi connectivity index (χ3v) is 3.63. The monoisotopic (exact) mass is 320 g/mol. The van der Waals surface area contributed by atoms with Crippen LogP contribution in [0, 0.1) is 13.8 Å². The lowest BCUT2D eigenvalue weighted by Crippen LogP contribution is -2.13. The van der Waals surface area contributed by atoms with Crippen LogP contribution in [0.3, 0.4) is 0 Å². The summed E-state index contributed by atoms with van der Waals surface area (Å²) in [5.74, 6) is 6.96. The van der Waals surface area contributed by atoms with E-state index in [-0.39, 0.29) is 0 Å². The van der Waals surface area contributed by atoms with Crippen LogP contribution in [0.2, 0.25) is 0 Å². The first-order valence-electron chi connectivity index (χ1n) is 6.17. The minimum Gasteiger partial charge on any atom is -0.308 e. The Labute approximate surface area is 121 Å². The quantitative estimate of drug-likeness (QED) is 0.672. The summed E-state index contributed by atoms with van der Waals surface area (Å²) in [5, 5.41) is 0. The standard InChI is InChI=1S/C14H17BrN4/c1-4-11-9(3)17-13(18-14(11)19-16)12-6-5-10(15)7-8(12)2/h5-7H,4,16H2,1-3H3,(H,17,18,19). The van der Waals surface area contributed by atoms with Crippen molar-refractivity contribution >= 4 is 21.7 Å². The predicted octanol–water partition coefficient (Wildman–Crippen LogP) is 3.37. The van der Waals surface area contributed by atoms with Gasteiger partial charge in [0.2, 0.25) is 0 Å². The molecule has 5 heteroatoms. The molecular weight excluding hydrogens is 304 g/mol. The summed E-state index contributed by atoms with van der Waals surface area (Å²) < 4.78 is 1.05. The first kappa shape index (κ1) is 14.0. The van der Waals surface area contributed by atoms with E-state index in [1.165, 1.54) is 0 Å². The van der Waals surface area contributed by atoms with E-state index in [4.69, 9.17) is 5.84 Å². The molecule has 0 radical (unpaired) electrons. The number of nitrogens with one attached hydrogen (secondary N) is 1. The van der Waals surface area contributed by atoms with Gasteiger partial charge in [0.15, 0.2) is 5.82 Å². The lowest BCUT2D eigenvalue weighted by atomic mass is 10.1. The fourth-order valence-corrected chi connectivity index (χ4v) is 2.61. The van der Waals surface area contributed by atoms with Crippen molar-refractivity contribution in [2.45, 2.75) is 27.2 Å². The van der Waals surface area contributed by atoms with Gasteiger partial charge < -0.3 is 5.43 Å². The molecule has 4 nitrogen and oxygen atoms in total. The van der Waals surface area contributed by atoms with Gasteiger partial charge in [-0.3, -0.25) is 0 Å². The maximum atomic E-state index is 5.56. The van der Waals surface area contributed by atoms with Crippen molar-refractivity contribution in [2.24, 2.45) is 5.84 Å². The number of hydrogen-bond acceptors (Lipinski definition) is 4. The molecule has 0 unspecified atom stereocenters. The van der Waals surface area contributed by atoms with E-state index in [1.807, 2.05) is 26.0 Å². The lowest BCUT2D eigenvalue weighted by Gasteiger charge is -2.12. The molecule has 0 bridgehead atoms. The van der Waals surface area contributed by atoms with Gasteiger partial charge in [-0.2, -0.15) is 0 Å². The van der Waals surface area contributed by atoms with Crippen LogP contribution in [-0.4, -0.2) is 9.97 Å². The number of nitrogens with two attached hydrogens (primary N) is 1. The van der Waals surface area contributed by atoms with Gasteiger partial charge in [0.1, 0.15) is 5.82 Å². The van der Waals surface area contributed by atoms with Crippen LogP contribution in [0.1, 0.15) is 23.7 Å². The molecule has 0 aliphatic rings. The second-order valence-corrected chi connectivity index (χ2v) is 5.33. The second-order valence-electron chi connectivity index (χ2n) is 4.42. The fraction of sp³-hybridized carbons (Fsp3) is 0.286. The molecular formula is C14H17BrN4. The molecule has 0 atom stereocenters. The summed E-state index contributed by atoms with van der Waals surface area (Å²) in [6.07, 6.45) is 0.852. The van der Waals surface area contributed by atoms with Crippen molar-refractivity contribution in [3.05, 3.63) is 39.5 Å². The molecule has 100 valence electrons. The molecule has 2 aromatic rings. The number of hydrazine groups is 1. The molecule has 0 fully saturated rings. The van der Waals surface area contributed by atoms with Crippen LogP contribution >= 0.6 is 15.9 Å². The molecule has 0 amide bonds. The number of nitrogen functional groups attached to an aromatic ring is 1. The normalized spacial score (nSPS) is 10.6. The highest BCUT2D eigenvalue weighted by molar-refractivity contribution is 9.10. The summed E-state index contributed by atoms with van der Waals surface area (Å²) in [7, 11) is 0. The molecule has 0 saturated carbocycles. The van der Waals surface area contributed by atoms with Crippen molar-refractivity contribution in [1.82, 2.24) is 9.97 Å². The van der Waals surface area contributed by atoms with Gasteiger partial charge in [-0.1, -0.05) is 22.9 Å². The number of halogens is 1. The number of nitrogens with zero attached hydrogens (tertiary/aromatic N) is 2. The first-order valence-corrected chi connectivity index (χ1v) is 6.96. The Kier molecular flexibility index (Phi) is 4.17. The molecule has 19 heavy (non-hydrogen) atoms. The Hall–Kier alpha value is -1.46. The lowest BCUT2D eigenvalue weighted by molar-refractivity contribution is 0.993. The summed E-state index contributed by atoms with van der Waals surface area (Å²) >= 11 is 3.46. The van der Waals surface area contributed by atoms with E-state index in [2.05, 4.69) is 44.3 Å². The van der Waals surface area contributed by atoms with Gasteiger partial charge in [0, 0.05) is 21.3 Å². The minimum atomic E-state index is 0.701. The Morgan fingerprint density at radius 3 is 2.58 bits per heavy atom. The van der Waals surface area contributed by atoms with Crippen LogP contribution in [0.25, 0.3) is 11.4 Å². The Morgan fingerprint density at radius 1 is 1.26 bits per heavy atom.